The van der Waals surface area contributed by atoms with Gasteiger partial charge in [-0.2, -0.15) is 0 Å². The first-order valence-electron chi connectivity index (χ1n) is 10.1. The first-order chi connectivity index (χ1) is 15.2. The summed E-state index contributed by atoms with van der Waals surface area (Å²) in [5, 5.41) is 6.62. The molecule has 1 atom stereocenters. The maximum Gasteiger partial charge on any atom is 0.306 e. The van der Waals surface area contributed by atoms with E-state index in [0.717, 1.165) is 0 Å². The van der Waals surface area contributed by atoms with E-state index in [2.05, 4.69) is 15.3 Å². The van der Waals surface area contributed by atoms with Crippen LogP contribution in [0.15, 0.2) is 47.6 Å². The number of oxime groups is 1. The second kappa shape index (κ2) is 11.5. The Morgan fingerprint density at radius 2 is 1.94 bits per heavy atom. The second-order valence-electron chi connectivity index (χ2n) is 7.58. The molecule has 0 aromatic heterocycles. The van der Waals surface area contributed by atoms with Crippen molar-refractivity contribution in [1.82, 2.24) is 0 Å². The Labute approximate surface area is 192 Å². The first kappa shape index (κ1) is 25.2. The maximum atomic E-state index is 14.6. The fourth-order valence-corrected chi connectivity index (χ4v) is 3.56. The Balaban J connectivity index is 2.17. The largest absolute Gasteiger partial charge is 0.391 e. The van der Waals surface area contributed by atoms with Gasteiger partial charge in [0.1, 0.15) is 11.9 Å². The number of nitrogens with two attached hydrogens (primary N) is 2. The Kier molecular flexibility index (Phi) is 9.05. The van der Waals surface area contributed by atoms with Crippen LogP contribution >= 0.6 is 11.8 Å². The van der Waals surface area contributed by atoms with Gasteiger partial charge >= 0.3 is 5.54 Å². The first-order valence-corrected chi connectivity index (χ1v) is 11.3. The SMILES string of the molecule is C#[N+]C(C)(CCSCN)c1cc(NC(=O)c2ccc(/C(N)=N/OC(C)C)cc2)ccc1F. The minimum Gasteiger partial charge on any atom is -0.391 e. The highest BCUT2D eigenvalue weighted by atomic mass is 32.2. The number of thioether (sulfide) groups is 1. The van der Waals surface area contributed by atoms with Crippen molar-refractivity contribution in [3.05, 3.63) is 69.8 Å². The lowest BCUT2D eigenvalue weighted by Crippen LogP contribution is -2.21. The summed E-state index contributed by atoms with van der Waals surface area (Å²) in [6, 6.07) is 10.9. The van der Waals surface area contributed by atoms with E-state index in [-0.39, 0.29) is 17.8 Å². The van der Waals surface area contributed by atoms with Gasteiger partial charge in [0.25, 0.3) is 12.5 Å². The third-order valence-electron chi connectivity index (χ3n) is 4.75. The number of nitrogens with zero attached hydrogens (tertiary/aromatic N) is 2. The molecule has 0 saturated carbocycles. The molecule has 9 heteroatoms. The molecule has 0 bridgehead atoms. The topological polar surface area (TPSA) is 107 Å². The number of nitrogens with one attached hydrogen (secondary N) is 1. The Morgan fingerprint density at radius 3 is 2.53 bits per heavy atom. The van der Waals surface area contributed by atoms with Crippen molar-refractivity contribution >= 4 is 29.2 Å². The predicted molar refractivity (Wildman–Crippen MR) is 130 cm³/mol. The van der Waals surface area contributed by atoms with Gasteiger partial charge in [0.15, 0.2) is 5.84 Å². The Bertz CT molecular complexity index is 1000. The summed E-state index contributed by atoms with van der Waals surface area (Å²) in [5.41, 5.74) is 12.2. The highest BCUT2D eigenvalue weighted by molar-refractivity contribution is 7.99. The monoisotopic (exact) mass is 458 g/mol. The molecular formula is C23H29FN5O2S+. The number of amides is 1. The molecule has 0 saturated heterocycles. The lowest BCUT2D eigenvalue weighted by atomic mass is 9.89. The molecule has 1 amide bonds. The molecular weight excluding hydrogens is 429 g/mol. The predicted octanol–water partition coefficient (Wildman–Crippen LogP) is 4.34. The molecule has 0 spiro atoms. The van der Waals surface area contributed by atoms with Gasteiger partial charge in [-0.05, 0) is 44.2 Å². The van der Waals surface area contributed by atoms with E-state index in [4.69, 9.17) is 22.9 Å². The van der Waals surface area contributed by atoms with Crippen LogP contribution in [0.2, 0.25) is 0 Å². The van der Waals surface area contributed by atoms with Crippen LogP contribution in [0.1, 0.15) is 48.7 Å². The molecule has 0 aliphatic carbocycles. The third kappa shape index (κ3) is 6.70. The van der Waals surface area contributed by atoms with E-state index in [1.54, 1.807) is 37.3 Å². The van der Waals surface area contributed by atoms with E-state index < -0.39 is 11.4 Å². The smallest absolute Gasteiger partial charge is 0.306 e. The minimum absolute atomic E-state index is 0.0902. The van der Waals surface area contributed by atoms with E-state index in [9.17, 15) is 9.18 Å². The van der Waals surface area contributed by atoms with Crippen molar-refractivity contribution in [3.8, 4) is 6.57 Å². The van der Waals surface area contributed by atoms with E-state index in [1.807, 2.05) is 13.8 Å². The van der Waals surface area contributed by atoms with Crippen LogP contribution in [0.4, 0.5) is 10.1 Å². The lowest BCUT2D eigenvalue weighted by molar-refractivity contribution is 0.0858. The maximum absolute atomic E-state index is 14.6. The van der Waals surface area contributed by atoms with Crippen LogP contribution in [0.5, 0.6) is 0 Å². The molecule has 2 aromatic carbocycles. The van der Waals surface area contributed by atoms with E-state index in [1.165, 1.54) is 23.9 Å². The van der Waals surface area contributed by atoms with Crippen molar-refractivity contribution in [2.75, 3.05) is 16.9 Å². The zero-order valence-corrected chi connectivity index (χ0v) is 19.3. The Morgan fingerprint density at radius 1 is 1.28 bits per heavy atom. The molecule has 0 aliphatic rings. The molecule has 32 heavy (non-hydrogen) atoms. The number of carbonyl (C=O) groups excluding carboxylic acids is 1. The second-order valence-corrected chi connectivity index (χ2v) is 8.73. The number of hydrogen-bond donors (Lipinski definition) is 3. The molecule has 1 unspecified atom stereocenters. The molecule has 0 fully saturated rings. The van der Waals surface area contributed by atoms with Gasteiger partial charge in [0, 0.05) is 41.8 Å². The van der Waals surface area contributed by atoms with Gasteiger partial charge < -0.3 is 21.6 Å². The zero-order valence-electron chi connectivity index (χ0n) is 18.5. The molecule has 170 valence electrons. The average Bonchev–Trinajstić information content (AvgIpc) is 2.78. The molecule has 0 radical (unpaired) electrons. The van der Waals surface area contributed by atoms with Gasteiger partial charge in [0.05, 0.1) is 5.56 Å². The number of amidine groups is 1. The number of carbonyl (C=O) groups is 1. The summed E-state index contributed by atoms with van der Waals surface area (Å²) in [6.45, 7) is 11.0. The van der Waals surface area contributed by atoms with Crippen LogP contribution in [0, 0.1) is 12.4 Å². The standard InChI is InChI=1S/C23H28FN5O2S/c1-15(2)31-29-21(26)16-5-7-17(8-6-16)22(30)28-18-9-10-20(24)19(13-18)23(3,27-4)11-12-32-14-25/h4-10,13,15H,11-12,14,25H2,1-3H3,(H2-,26,28,29,30)/p+1. The number of anilines is 1. The normalized spacial score (nSPS) is 13.3. The van der Waals surface area contributed by atoms with Gasteiger partial charge in [-0.25, -0.2) is 4.39 Å². The molecule has 7 nitrogen and oxygen atoms in total. The molecule has 0 aliphatic heterocycles. The molecule has 2 aromatic rings. The van der Waals surface area contributed by atoms with Crippen LogP contribution in [-0.4, -0.2) is 29.5 Å². The number of benzene rings is 2. The van der Waals surface area contributed by atoms with Gasteiger partial charge in [-0.1, -0.05) is 22.1 Å². The highest BCUT2D eigenvalue weighted by Gasteiger charge is 2.39. The summed E-state index contributed by atoms with van der Waals surface area (Å²) in [6.07, 6.45) is 0.414. The van der Waals surface area contributed by atoms with Gasteiger partial charge in [-0.15, -0.1) is 11.8 Å². The summed E-state index contributed by atoms with van der Waals surface area (Å²) in [5.74, 6) is 0.546. The van der Waals surface area contributed by atoms with Gasteiger partial charge in [0.2, 0.25) is 0 Å². The summed E-state index contributed by atoms with van der Waals surface area (Å²) in [7, 11) is 0. The molecule has 5 N–H and O–H groups in total. The van der Waals surface area contributed by atoms with Crippen molar-refractivity contribution in [2.24, 2.45) is 16.6 Å². The minimum atomic E-state index is -0.941. The fraction of sp³-hybridized carbons (Fsp3) is 0.348. The lowest BCUT2D eigenvalue weighted by Gasteiger charge is -2.16. The fourth-order valence-electron chi connectivity index (χ4n) is 2.85. The number of rotatable bonds is 10. The van der Waals surface area contributed by atoms with Crippen LogP contribution in [0.25, 0.3) is 4.85 Å². The van der Waals surface area contributed by atoms with Gasteiger partial charge in [-0.3, -0.25) is 4.79 Å². The van der Waals surface area contributed by atoms with Crippen molar-refractivity contribution in [2.45, 2.75) is 38.8 Å². The molecule has 0 heterocycles. The van der Waals surface area contributed by atoms with Crippen LogP contribution < -0.4 is 16.8 Å². The van der Waals surface area contributed by atoms with Crippen molar-refractivity contribution < 1.29 is 14.0 Å². The summed E-state index contributed by atoms with van der Waals surface area (Å²) < 4.78 is 14.6. The third-order valence-corrected chi connectivity index (χ3v) is 5.47. The van der Waals surface area contributed by atoms with E-state index >= 15 is 0 Å². The number of hydrogen-bond acceptors (Lipinski definition) is 5. The quantitative estimate of drug-likeness (QED) is 0.161. The molecule has 2 rings (SSSR count). The van der Waals surface area contributed by atoms with E-state index in [0.29, 0.717) is 40.4 Å². The average molecular weight is 459 g/mol. The summed E-state index contributed by atoms with van der Waals surface area (Å²) >= 11 is 1.52. The highest BCUT2D eigenvalue weighted by Crippen LogP contribution is 2.34. The Hall–Kier alpha value is -3.09. The van der Waals surface area contributed by atoms with Crippen molar-refractivity contribution in [1.29, 1.82) is 0 Å². The van der Waals surface area contributed by atoms with Crippen LogP contribution in [-0.2, 0) is 10.4 Å². The zero-order chi connectivity index (χ0) is 23.7. The van der Waals surface area contributed by atoms with Crippen LogP contribution in [0.3, 0.4) is 0 Å². The van der Waals surface area contributed by atoms with Crippen molar-refractivity contribution in [3.63, 3.8) is 0 Å². The summed E-state index contributed by atoms with van der Waals surface area (Å²) in [4.78, 5) is 21.7. The number of halogens is 1.